The number of nitrogens with one attached hydrogen (secondary N) is 5. The Bertz CT molecular complexity index is 1030. The minimum atomic E-state index is -1.49. The van der Waals surface area contributed by atoms with E-state index in [4.69, 9.17) is 15.9 Å². The van der Waals surface area contributed by atoms with Gasteiger partial charge in [0.1, 0.15) is 30.7 Å². The van der Waals surface area contributed by atoms with Gasteiger partial charge in [0.05, 0.1) is 13.0 Å². The molecule has 38 heavy (non-hydrogen) atoms. The molecule has 0 radical (unpaired) electrons. The van der Waals surface area contributed by atoms with Crippen LogP contribution < -0.4 is 32.3 Å². The van der Waals surface area contributed by atoms with E-state index in [0.29, 0.717) is 5.56 Å². The number of rotatable bonds is 15. The van der Waals surface area contributed by atoms with E-state index >= 15 is 0 Å². The number of carbonyl (C=O) groups excluding carboxylic acids is 5. The molecule has 208 valence electrons. The van der Waals surface area contributed by atoms with Crippen molar-refractivity contribution in [2.45, 2.75) is 50.9 Å². The van der Waals surface area contributed by atoms with Gasteiger partial charge in [-0.15, -0.1) is 0 Å². The second-order valence-corrected chi connectivity index (χ2v) is 8.25. The van der Waals surface area contributed by atoms with Gasteiger partial charge in [0, 0.05) is 6.42 Å². The number of carboxylic acids is 2. The lowest BCUT2D eigenvalue weighted by Gasteiger charge is -2.24. The summed E-state index contributed by atoms with van der Waals surface area (Å²) in [6, 6.07) is 3.52. The first-order chi connectivity index (χ1) is 17.8. The highest BCUT2D eigenvalue weighted by molar-refractivity contribution is 5.96. The maximum atomic E-state index is 12.9. The molecule has 1 rings (SSSR count). The summed E-state index contributed by atoms with van der Waals surface area (Å²) < 4.78 is 0. The number of hydrogen-bond donors (Lipinski definition) is 8. The van der Waals surface area contributed by atoms with Gasteiger partial charge in [0.25, 0.3) is 0 Å². The van der Waals surface area contributed by atoms with Crippen molar-refractivity contribution >= 4 is 41.5 Å². The molecule has 9 N–H and O–H groups in total. The summed E-state index contributed by atoms with van der Waals surface area (Å²) in [5.41, 5.74) is 5.85. The van der Waals surface area contributed by atoms with Crippen LogP contribution in [0.1, 0.15) is 25.8 Å². The number of amides is 5. The first-order valence-corrected chi connectivity index (χ1v) is 11.5. The third-order valence-electron chi connectivity index (χ3n) is 5.05. The number of aliphatic carboxylic acids is 2. The molecule has 1 aromatic carbocycles. The number of carboxylic acid groups (broad SMARTS) is 2. The van der Waals surface area contributed by atoms with Crippen molar-refractivity contribution in [3.63, 3.8) is 0 Å². The largest absolute Gasteiger partial charge is 0.481 e. The summed E-state index contributed by atoms with van der Waals surface area (Å²) in [5.74, 6) is -6.69. The quantitative estimate of drug-likeness (QED) is 0.112. The van der Waals surface area contributed by atoms with Crippen LogP contribution in [0.3, 0.4) is 0 Å². The van der Waals surface area contributed by atoms with Crippen molar-refractivity contribution in [3.8, 4) is 0 Å². The van der Waals surface area contributed by atoms with Crippen LogP contribution in [0.5, 0.6) is 0 Å². The van der Waals surface area contributed by atoms with E-state index in [1.807, 2.05) is 0 Å². The molecule has 0 saturated heterocycles. The summed E-state index contributed by atoms with van der Waals surface area (Å²) in [6.45, 7) is 1.49. The normalized spacial score (nSPS) is 13.6. The number of carbonyl (C=O) groups is 7. The van der Waals surface area contributed by atoms with E-state index in [0.717, 1.165) is 0 Å². The van der Waals surface area contributed by atoms with Crippen LogP contribution in [-0.2, 0) is 40.0 Å². The molecule has 5 amide bonds. The fourth-order valence-electron chi connectivity index (χ4n) is 3.07. The van der Waals surface area contributed by atoms with Crippen molar-refractivity contribution in [1.29, 1.82) is 0 Å². The topological polar surface area (TPSA) is 246 Å². The van der Waals surface area contributed by atoms with Crippen LogP contribution in [-0.4, -0.2) is 88.9 Å². The lowest BCUT2D eigenvalue weighted by Crippen LogP contribution is -2.58. The molecular weight excluding hydrogens is 504 g/mol. The molecule has 1 aromatic rings. The van der Waals surface area contributed by atoms with E-state index in [1.54, 1.807) is 30.3 Å². The summed E-state index contributed by atoms with van der Waals surface area (Å²) in [4.78, 5) is 83.6. The molecule has 15 nitrogen and oxygen atoms in total. The molecule has 0 aromatic heterocycles. The zero-order valence-corrected chi connectivity index (χ0v) is 20.9. The summed E-state index contributed by atoms with van der Waals surface area (Å²) in [7, 11) is 0. The van der Waals surface area contributed by atoms with Gasteiger partial charge in [-0.05, 0) is 19.4 Å². The molecule has 15 heteroatoms. The third kappa shape index (κ3) is 11.5. The van der Waals surface area contributed by atoms with Gasteiger partial charge in [0.15, 0.2) is 0 Å². The molecular formula is C23H32N6O9. The highest BCUT2D eigenvalue weighted by atomic mass is 16.4. The molecule has 4 atom stereocenters. The van der Waals surface area contributed by atoms with E-state index in [-0.39, 0.29) is 6.42 Å². The predicted octanol–water partition coefficient (Wildman–Crippen LogP) is -3.16. The fourth-order valence-corrected chi connectivity index (χ4v) is 3.07. The molecule has 0 aliphatic carbocycles. The van der Waals surface area contributed by atoms with Crippen molar-refractivity contribution in [1.82, 2.24) is 26.6 Å². The van der Waals surface area contributed by atoms with Crippen molar-refractivity contribution < 1.29 is 43.8 Å². The molecule has 0 spiro atoms. The van der Waals surface area contributed by atoms with Gasteiger partial charge in [0.2, 0.25) is 29.5 Å². The van der Waals surface area contributed by atoms with E-state index in [1.165, 1.54) is 13.8 Å². The lowest BCUT2D eigenvalue weighted by atomic mass is 10.0. The SMILES string of the molecule is C[C@H](NC(=O)C(Cc1ccccc1)NC(=O)[C@H](C)NC(=O)C(CC(=O)O)NC(=O)CN)C(=O)NCC(=O)O. The van der Waals surface area contributed by atoms with E-state index in [9.17, 15) is 33.6 Å². The summed E-state index contributed by atoms with van der Waals surface area (Å²) >= 11 is 0. The Balaban J connectivity index is 2.95. The van der Waals surface area contributed by atoms with Gasteiger partial charge >= 0.3 is 11.9 Å². The Morgan fingerprint density at radius 1 is 0.737 bits per heavy atom. The van der Waals surface area contributed by atoms with Gasteiger partial charge in [-0.3, -0.25) is 33.6 Å². The van der Waals surface area contributed by atoms with Gasteiger partial charge < -0.3 is 42.5 Å². The summed E-state index contributed by atoms with van der Waals surface area (Å²) in [6.07, 6.45) is -0.747. The molecule has 0 aliphatic heterocycles. The predicted molar refractivity (Wildman–Crippen MR) is 131 cm³/mol. The lowest BCUT2D eigenvalue weighted by molar-refractivity contribution is -0.141. The van der Waals surface area contributed by atoms with Crippen molar-refractivity contribution in [2.75, 3.05) is 13.1 Å². The first kappa shape index (κ1) is 31.5. The van der Waals surface area contributed by atoms with E-state index < -0.39 is 85.2 Å². The molecule has 0 heterocycles. The van der Waals surface area contributed by atoms with Gasteiger partial charge in [-0.25, -0.2) is 0 Å². The van der Waals surface area contributed by atoms with Crippen LogP contribution in [0.25, 0.3) is 0 Å². The van der Waals surface area contributed by atoms with Gasteiger partial charge in [-0.2, -0.15) is 0 Å². The van der Waals surface area contributed by atoms with E-state index in [2.05, 4.69) is 26.6 Å². The monoisotopic (exact) mass is 536 g/mol. The average molecular weight is 537 g/mol. The number of benzene rings is 1. The number of hydrogen-bond acceptors (Lipinski definition) is 8. The minimum absolute atomic E-state index is 0.0107. The average Bonchev–Trinajstić information content (AvgIpc) is 2.86. The van der Waals surface area contributed by atoms with Crippen LogP contribution in [0, 0.1) is 0 Å². The highest BCUT2D eigenvalue weighted by Gasteiger charge is 2.29. The Kier molecular flexibility index (Phi) is 12.9. The third-order valence-corrected chi connectivity index (χ3v) is 5.05. The second kappa shape index (κ2) is 15.6. The zero-order valence-electron chi connectivity index (χ0n) is 20.9. The molecule has 0 bridgehead atoms. The maximum Gasteiger partial charge on any atom is 0.322 e. The Morgan fingerprint density at radius 2 is 1.29 bits per heavy atom. The maximum absolute atomic E-state index is 12.9. The Labute approximate surface area is 217 Å². The van der Waals surface area contributed by atoms with Crippen LogP contribution in [0.2, 0.25) is 0 Å². The number of nitrogens with two attached hydrogens (primary N) is 1. The Morgan fingerprint density at radius 3 is 1.82 bits per heavy atom. The fraction of sp³-hybridized carbons (Fsp3) is 0.435. The zero-order chi connectivity index (χ0) is 28.8. The standard InChI is InChI=1S/C23H32N6O9/c1-12(20(35)25-11-19(33)34)26-22(37)15(8-14-6-4-3-5-7-14)29-21(36)13(2)27-23(38)16(9-18(31)32)28-17(30)10-24/h3-7,12-13,15-16H,8-11,24H2,1-2H3,(H,25,35)(H,26,37)(H,27,38)(H,28,30)(H,29,36)(H,31,32)(H,33,34)/t12-,13-,15?,16?/m0/s1. The Hall–Kier alpha value is -4.53. The molecule has 0 saturated carbocycles. The van der Waals surface area contributed by atoms with Crippen LogP contribution in [0.15, 0.2) is 30.3 Å². The van der Waals surface area contributed by atoms with Crippen LogP contribution in [0.4, 0.5) is 0 Å². The summed E-state index contributed by atoms with van der Waals surface area (Å²) in [5, 5.41) is 29.2. The molecule has 0 fully saturated rings. The van der Waals surface area contributed by atoms with Gasteiger partial charge in [-0.1, -0.05) is 30.3 Å². The highest BCUT2D eigenvalue weighted by Crippen LogP contribution is 2.05. The second-order valence-electron chi connectivity index (χ2n) is 8.25. The molecule has 2 unspecified atom stereocenters. The van der Waals surface area contributed by atoms with Crippen molar-refractivity contribution in [2.24, 2.45) is 5.73 Å². The van der Waals surface area contributed by atoms with Crippen LogP contribution >= 0.6 is 0 Å². The first-order valence-electron chi connectivity index (χ1n) is 11.5. The minimum Gasteiger partial charge on any atom is -0.481 e. The van der Waals surface area contributed by atoms with Crippen molar-refractivity contribution in [3.05, 3.63) is 35.9 Å². The molecule has 0 aliphatic rings. The smallest absolute Gasteiger partial charge is 0.322 e.